The lowest BCUT2D eigenvalue weighted by Crippen LogP contribution is -2.08. The molecule has 2 nitrogen and oxygen atoms in total. The number of halogens is 3. The summed E-state index contributed by atoms with van der Waals surface area (Å²) in [5, 5.41) is 3.86. The molecule has 15 heavy (non-hydrogen) atoms. The molecule has 1 unspecified atom stereocenters. The van der Waals surface area contributed by atoms with Gasteiger partial charge < -0.3 is 5.32 Å². The van der Waals surface area contributed by atoms with Crippen LogP contribution in [0.25, 0.3) is 0 Å². The zero-order chi connectivity index (χ0) is 11.3. The third-order valence-electron chi connectivity index (χ3n) is 2.00. The maximum atomic E-state index is 6.01. The van der Waals surface area contributed by atoms with E-state index in [-0.39, 0.29) is 0 Å². The van der Waals surface area contributed by atoms with Crippen LogP contribution in [0, 0.1) is 0 Å². The topological polar surface area (TPSA) is 24.9 Å². The van der Waals surface area contributed by atoms with Crippen LogP contribution >= 0.6 is 43.5 Å². The van der Waals surface area contributed by atoms with Crippen molar-refractivity contribution in [2.24, 2.45) is 0 Å². The van der Waals surface area contributed by atoms with Crippen LogP contribution in [-0.4, -0.2) is 16.4 Å². The second-order valence-electron chi connectivity index (χ2n) is 3.20. The van der Waals surface area contributed by atoms with Crippen molar-refractivity contribution in [2.45, 2.75) is 24.6 Å². The van der Waals surface area contributed by atoms with Crippen molar-refractivity contribution in [3.05, 3.63) is 21.8 Å². The SMILES string of the molecule is CCC(Br)CCNc1ncc(Br)cc1Cl. The molecule has 0 bridgehead atoms. The number of nitrogens with one attached hydrogen (secondary N) is 1. The Bertz CT molecular complexity index is 320. The van der Waals surface area contributed by atoms with E-state index in [1.807, 2.05) is 6.07 Å². The molecule has 0 saturated heterocycles. The third kappa shape index (κ3) is 4.70. The van der Waals surface area contributed by atoms with E-state index >= 15 is 0 Å². The quantitative estimate of drug-likeness (QED) is 0.787. The van der Waals surface area contributed by atoms with Crippen molar-refractivity contribution in [3.63, 3.8) is 0 Å². The number of nitrogens with zero attached hydrogens (tertiary/aromatic N) is 1. The highest BCUT2D eigenvalue weighted by molar-refractivity contribution is 9.10. The smallest absolute Gasteiger partial charge is 0.144 e. The van der Waals surface area contributed by atoms with Crippen LogP contribution in [0.2, 0.25) is 5.02 Å². The maximum absolute atomic E-state index is 6.01. The van der Waals surface area contributed by atoms with Gasteiger partial charge in [0.1, 0.15) is 5.82 Å². The van der Waals surface area contributed by atoms with Crippen molar-refractivity contribution in [3.8, 4) is 0 Å². The molecule has 1 rings (SSSR count). The van der Waals surface area contributed by atoms with Gasteiger partial charge in [0.25, 0.3) is 0 Å². The summed E-state index contributed by atoms with van der Waals surface area (Å²) in [5.74, 6) is 0.746. The monoisotopic (exact) mass is 354 g/mol. The van der Waals surface area contributed by atoms with Crippen LogP contribution in [0.4, 0.5) is 5.82 Å². The normalized spacial score (nSPS) is 12.5. The summed E-state index contributed by atoms with van der Waals surface area (Å²) in [6.45, 7) is 3.03. The first-order valence-corrected chi connectivity index (χ1v) is 6.91. The van der Waals surface area contributed by atoms with E-state index in [1.54, 1.807) is 6.20 Å². The van der Waals surface area contributed by atoms with Crippen LogP contribution in [0.5, 0.6) is 0 Å². The van der Waals surface area contributed by atoms with Gasteiger partial charge in [0, 0.05) is 22.0 Å². The van der Waals surface area contributed by atoms with E-state index in [0.29, 0.717) is 9.85 Å². The summed E-state index contributed by atoms with van der Waals surface area (Å²) in [6.07, 6.45) is 3.92. The third-order valence-corrected chi connectivity index (χ3v) is 3.83. The molecule has 1 heterocycles. The molecule has 0 aliphatic carbocycles. The molecule has 1 atom stereocenters. The standard InChI is InChI=1S/C10H13Br2ClN2/c1-2-7(11)3-4-14-10-9(13)5-8(12)6-15-10/h5-7H,2-4H2,1H3,(H,14,15). The molecule has 1 N–H and O–H groups in total. The summed E-state index contributed by atoms with van der Waals surface area (Å²) in [5.41, 5.74) is 0. The summed E-state index contributed by atoms with van der Waals surface area (Å²) in [4.78, 5) is 4.75. The summed E-state index contributed by atoms with van der Waals surface area (Å²) < 4.78 is 0.893. The molecular weight excluding hydrogens is 343 g/mol. The van der Waals surface area contributed by atoms with Gasteiger partial charge in [-0.05, 0) is 34.8 Å². The molecule has 5 heteroatoms. The minimum Gasteiger partial charge on any atom is -0.369 e. The lowest BCUT2D eigenvalue weighted by atomic mass is 10.2. The predicted octanol–water partition coefficient (Wildman–Crippen LogP) is 4.47. The fraction of sp³-hybridized carbons (Fsp3) is 0.500. The molecular formula is C10H13Br2ClN2. The molecule has 1 aromatic heterocycles. The molecule has 0 amide bonds. The van der Waals surface area contributed by atoms with E-state index in [9.17, 15) is 0 Å². The Hall–Kier alpha value is 0.200. The number of pyridine rings is 1. The van der Waals surface area contributed by atoms with Gasteiger partial charge in [-0.3, -0.25) is 0 Å². The van der Waals surface area contributed by atoms with Gasteiger partial charge in [-0.1, -0.05) is 34.5 Å². The Kier molecular flexibility index (Phi) is 5.94. The van der Waals surface area contributed by atoms with Gasteiger partial charge in [0.05, 0.1) is 5.02 Å². The molecule has 0 aliphatic heterocycles. The average Bonchev–Trinajstić information content (AvgIpc) is 2.21. The van der Waals surface area contributed by atoms with E-state index in [2.05, 4.69) is 49.1 Å². The van der Waals surface area contributed by atoms with Crippen molar-refractivity contribution in [1.82, 2.24) is 4.98 Å². The number of hydrogen-bond donors (Lipinski definition) is 1. The maximum Gasteiger partial charge on any atom is 0.144 e. The summed E-state index contributed by atoms with van der Waals surface area (Å²) in [6, 6.07) is 1.84. The number of alkyl halides is 1. The fourth-order valence-electron chi connectivity index (χ4n) is 1.10. The van der Waals surface area contributed by atoms with E-state index in [4.69, 9.17) is 11.6 Å². The van der Waals surface area contributed by atoms with E-state index in [0.717, 1.165) is 29.7 Å². The molecule has 0 radical (unpaired) electrons. The lowest BCUT2D eigenvalue weighted by molar-refractivity contribution is 0.773. The Morgan fingerprint density at radius 1 is 1.60 bits per heavy atom. The lowest BCUT2D eigenvalue weighted by Gasteiger charge is -2.09. The number of aromatic nitrogens is 1. The van der Waals surface area contributed by atoms with Crippen molar-refractivity contribution < 1.29 is 0 Å². The first-order chi connectivity index (χ1) is 7.13. The van der Waals surface area contributed by atoms with Gasteiger partial charge in [0.2, 0.25) is 0 Å². The van der Waals surface area contributed by atoms with Gasteiger partial charge in [-0.2, -0.15) is 0 Å². The molecule has 84 valence electrons. The van der Waals surface area contributed by atoms with Gasteiger partial charge in [-0.25, -0.2) is 4.98 Å². The molecule has 0 spiro atoms. The summed E-state index contributed by atoms with van der Waals surface area (Å²) >= 11 is 12.9. The van der Waals surface area contributed by atoms with Crippen molar-refractivity contribution in [2.75, 3.05) is 11.9 Å². The minimum absolute atomic E-state index is 0.555. The Morgan fingerprint density at radius 3 is 2.93 bits per heavy atom. The Labute approximate surface area is 112 Å². The van der Waals surface area contributed by atoms with Crippen LogP contribution in [-0.2, 0) is 0 Å². The van der Waals surface area contributed by atoms with E-state index in [1.165, 1.54) is 0 Å². The highest BCUT2D eigenvalue weighted by Crippen LogP contribution is 2.23. The Morgan fingerprint density at radius 2 is 2.33 bits per heavy atom. The van der Waals surface area contributed by atoms with Crippen LogP contribution in [0.1, 0.15) is 19.8 Å². The molecule has 1 aromatic rings. The van der Waals surface area contributed by atoms with Crippen LogP contribution in [0.3, 0.4) is 0 Å². The van der Waals surface area contributed by atoms with Gasteiger partial charge in [-0.15, -0.1) is 0 Å². The second kappa shape index (κ2) is 6.71. The second-order valence-corrected chi connectivity index (χ2v) is 5.82. The van der Waals surface area contributed by atoms with E-state index < -0.39 is 0 Å². The average molecular weight is 356 g/mol. The number of hydrogen-bond acceptors (Lipinski definition) is 2. The number of rotatable bonds is 5. The summed E-state index contributed by atoms with van der Waals surface area (Å²) in [7, 11) is 0. The number of anilines is 1. The largest absolute Gasteiger partial charge is 0.369 e. The minimum atomic E-state index is 0.555. The highest BCUT2D eigenvalue weighted by atomic mass is 79.9. The van der Waals surface area contributed by atoms with Gasteiger partial charge in [0.15, 0.2) is 0 Å². The first-order valence-electron chi connectivity index (χ1n) is 4.82. The van der Waals surface area contributed by atoms with Crippen molar-refractivity contribution >= 4 is 49.3 Å². The van der Waals surface area contributed by atoms with Gasteiger partial charge >= 0.3 is 0 Å². The molecule has 0 aliphatic rings. The molecule has 0 fully saturated rings. The zero-order valence-electron chi connectivity index (χ0n) is 8.43. The Balaban J connectivity index is 2.44. The van der Waals surface area contributed by atoms with Crippen LogP contribution < -0.4 is 5.32 Å². The van der Waals surface area contributed by atoms with Crippen LogP contribution in [0.15, 0.2) is 16.7 Å². The van der Waals surface area contributed by atoms with Crippen molar-refractivity contribution in [1.29, 1.82) is 0 Å². The predicted molar refractivity (Wildman–Crippen MR) is 73.1 cm³/mol. The highest BCUT2D eigenvalue weighted by Gasteiger charge is 2.03. The molecule has 0 aromatic carbocycles. The zero-order valence-corrected chi connectivity index (χ0v) is 12.4. The first kappa shape index (κ1) is 13.3. The fourth-order valence-corrected chi connectivity index (χ4v) is 2.02. The molecule has 0 saturated carbocycles.